The summed E-state index contributed by atoms with van der Waals surface area (Å²) in [5, 5.41) is 5.46. The second-order valence-electron chi connectivity index (χ2n) is 4.86. The summed E-state index contributed by atoms with van der Waals surface area (Å²) in [4.78, 5) is 4.33. The third-order valence-corrected chi connectivity index (χ3v) is 3.21. The Hall–Kier alpha value is -2.33. The molecule has 0 bridgehead atoms. The van der Waals surface area contributed by atoms with Crippen molar-refractivity contribution in [3.05, 3.63) is 54.4 Å². The number of hydrogen-bond donors (Lipinski definition) is 1. The van der Waals surface area contributed by atoms with Crippen LogP contribution in [0.3, 0.4) is 0 Å². The summed E-state index contributed by atoms with van der Waals surface area (Å²) < 4.78 is 11.1. The van der Waals surface area contributed by atoms with Gasteiger partial charge in [-0.05, 0) is 24.4 Å². The van der Waals surface area contributed by atoms with Crippen molar-refractivity contribution >= 4 is 10.8 Å². The van der Waals surface area contributed by atoms with Gasteiger partial charge in [-0.1, -0.05) is 43.3 Å². The van der Waals surface area contributed by atoms with E-state index in [1.54, 1.807) is 6.26 Å². The van der Waals surface area contributed by atoms with E-state index in [2.05, 4.69) is 29.4 Å². The summed E-state index contributed by atoms with van der Waals surface area (Å²) in [6, 6.07) is 14.0. The number of fused-ring (bicyclic) bond motifs is 1. The summed E-state index contributed by atoms with van der Waals surface area (Å²) in [5.74, 6) is 0.753. The van der Waals surface area contributed by atoms with E-state index in [-0.39, 0.29) is 6.08 Å². The molecule has 3 rings (SSSR count). The summed E-state index contributed by atoms with van der Waals surface area (Å²) in [5.41, 5.74) is 0.846. The quantitative estimate of drug-likeness (QED) is 0.691. The molecule has 0 aliphatic heterocycles. The highest BCUT2D eigenvalue weighted by Gasteiger charge is 2.08. The van der Waals surface area contributed by atoms with Gasteiger partial charge in [-0.2, -0.15) is 4.98 Å². The Morgan fingerprint density at radius 2 is 2.00 bits per heavy atom. The van der Waals surface area contributed by atoms with Gasteiger partial charge in [0.15, 0.2) is 0 Å². The minimum Gasteiger partial charge on any atom is -0.417 e. The van der Waals surface area contributed by atoms with Gasteiger partial charge < -0.3 is 14.5 Å². The number of rotatable bonds is 6. The molecular weight excluding hydrogens is 264 g/mol. The molecule has 0 spiro atoms. The predicted molar refractivity (Wildman–Crippen MR) is 82.5 cm³/mol. The molecule has 1 N–H and O–H groups in total. The first kappa shape index (κ1) is 13.6. The van der Waals surface area contributed by atoms with Gasteiger partial charge in [-0.15, -0.1) is 0 Å². The van der Waals surface area contributed by atoms with Crippen LogP contribution in [0.25, 0.3) is 10.8 Å². The fraction of sp³-hybridized carbons (Fsp3) is 0.235. The largest absolute Gasteiger partial charge is 0.417 e. The van der Waals surface area contributed by atoms with E-state index >= 15 is 0 Å². The summed E-state index contributed by atoms with van der Waals surface area (Å²) >= 11 is 0. The third-order valence-electron chi connectivity index (χ3n) is 3.21. The molecule has 0 radical (unpaired) electrons. The van der Waals surface area contributed by atoms with Gasteiger partial charge in [-0.25, -0.2) is 0 Å². The Labute approximate surface area is 123 Å². The van der Waals surface area contributed by atoms with Gasteiger partial charge >= 0.3 is 6.08 Å². The maximum atomic E-state index is 5.77. The zero-order valence-electron chi connectivity index (χ0n) is 12.0. The van der Waals surface area contributed by atoms with E-state index in [0.29, 0.717) is 6.54 Å². The lowest BCUT2D eigenvalue weighted by molar-refractivity contribution is 0.333. The van der Waals surface area contributed by atoms with E-state index < -0.39 is 0 Å². The topological polar surface area (TPSA) is 47.3 Å². The molecule has 0 atom stereocenters. The van der Waals surface area contributed by atoms with Crippen molar-refractivity contribution in [2.75, 3.05) is 6.54 Å². The molecule has 1 heterocycles. The Bertz CT molecular complexity index is 716. The molecule has 108 valence electrons. The average Bonchev–Trinajstić information content (AvgIpc) is 2.96. The molecule has 0 unspecified atom stereocenters. The standard InChI is InChI=1S/C17H18N2O2/c1-2-10-18-11-14-12-20-17(19-14)21-16-9-5-7-13-6-3-4-8-15(13)16/h3-9,12,18H,2,10-11H2,1H3. The van der Waals surface area contributed by atoms with Crippen molar-refractivity contribution < 1.29 is 9.15 Å². The zero-order chi connectivity index (χ0) is 14.5. The zero-order valence-corrected chi connectivity index (χ0v) is 12.0. The summed E-state index contributed by atoms with van der Waals surface area (Å²) in [6.07, 6.45) is 3.00. The highest BCUT2D eigenvalue weighted by Crippen LogP contribution is 2.29. The van der Waals surface area contributed by atoms with Crippen molar-refractivity contribution in [3.63, 3.8) is 0 Å². The van der Waals surface area contributed by atoms with Crippen LogP contribution in [0.2, 0.25) is 0 Å². The van der Waals surface area contributed by atoms with Crippen LogP contribution in [0.1, 0.15) is 19.0 Å². The highest BCUT2D eigenvalue weighted by atomic mass is 16.6. The molecule has 2 aromatic carbocycles. The molecule has 0 saturated heterocycles. The molecule has 0 amide bonds. The second-order valence-corrected chi connectivity index (χ2v) is 4.86. The van der Waals surface area contributed by atoms with Gasteiger partial charge in [0.1, 0.15) is 12.0 Å². The van der Waals surface area contributed by atoms with Gasteiger partial charge in [0.05, 0.1) is 5.69 Å². The SMILES string of the molecule is CCCNCc1coc(Oc2cccc3ccccc23)n1. The lowest BCUT2D eigenvalue weighted by atomic mass is 10.1. The van der Waals surface area contributed by atoms with E-state index in [4.69, 9.17) is 9.15 Å². The first-order chi connectivity index (χ1) is 10.4. The Balaban J connectivity index is 1.76. The lowest BCUT2D eigenvalue weighted by Gasteiger charge is -2.04. The number of benzene rings is 2. The molecule has 4 heteroatoms. The van der Waals surface area contributed by atoms with Crippen molar-refractivity contribution in [3.8, 4) is 11.8 Å². The molecule has 0 fully saturated rings. The molecule has 0 saturated carbocycles. The van der Waals surface area contributed by atoms with E-state index in [0.717, 1.165) is 35.2 Å². The van der Waals surface area contributed by atoms with E-state index in [9.17, 15) is 0 Å². The van der Waals surface area contributed by atoms with Crippen molar-refractivity contribution in [2.24, 2.45) is 0 Å². The molecule has 1 aromatic heterocycles. The van der Waals surface area contributed by atoms with Crippen LogP contribution in [-0.4, -0.2) is 11.5 Å². The number of nitrogens with zero attached hydrogens (tertiary/aromatic N) is 1. The van der Waals surface area contributed by atoms with Crippen LogP contribution >= 0.6 is 0 Å². The van der Waals surface area contributed by atoms with Crippen molar-refractivity contribution in [1.29, 1.82) is 0 Å². The molecule has 0 aliphatic rings. The Kier molecular flexibility index (Phi) is 4.17. The normalized spacial score (nSPS) is 10.9. The second kappa shape index (κ2) is 6.41. The molecular formula is C17H18N2O2. The fourth-order valence-electron chi connectivity index (χ4n) is 2.19. The molecule has 3 aromatic rings. The van der Waals surface area contributed by atoms with Crippen molar-refractivity contribution in [2.45, 2.75) is 19.9 Å². The minimum atomic E-state index is 0.277. The fourth-order valence-corrected chi connectivity index (χ4v) is 2.19. The molecule has 21 heavy (non-hydrogen) atoms. The number of ether oxygens (including phenoxy) is 1. The molecule has 4 nitrogen and oxygen atoms in total. The predicted octanol–water partition coefficient (Wildman–Crippen LogP) is 4.12. The smallest absolute Gasteiger partial charge is 0.399 e. The number of hydrogen-bond acceptors (Lipinski definition) is 4. The Morgan fingerprint density at radius 1 is 1.14 bits per heavy atom. The summed E-state index contributed by atoms with van der Waals surface area (Å²) in [7, 11) is 0. The first-order valence-electron chi connectivity index (χ1n) is 7.17. The first-order valence-corrected chi connectivity index (χ1v) is 7.17. The maximum Gasteiger partial charge on any atom is 0.399 e. The van der Waals surface area contributed by atoms with Crippen LogP contribution in [0.4, 0.5) is 0 Å². The van der Waals surface area contributed by atoms with Crippen LogP contribution in [0.15, 0.2) is 53.1 Å². The van der Waals surface area contributed by atoms with Crippen LogP contribution in [0, 0.1) is 0 Å². The van der Waals surface area contributed by atoms with Crippen LogP contribution in [-0.2, 0) is 6.54 Å². The van der Waals surface area contributed by atoms with Crippen molar-refractivity contribution in [1.82, 2.24) is 10.3 Å². The van der Waals surface area contributed by atoms with E-state index in [1.807, 2.05) is 30.3 Å². The van der Waals surface area contributed by atoms with Gasteiger partial charge in [0, 0.05) is 11.9 Å². The third kappa shape index (κ3) is 3.23. The van der Waals surface area contributed by atoms with Gasteiger partial charge in [-0.3, -0.25) is 0 Å². The van der Waals surface area contributed by atoms with Gasteiger partial charge in [0.25, 0.3) is 0 Å². The minimum absolute atomic E-state index is 0.277. The van der Waals surface area contributed by atoms with Crippen LogP contribution < -0.4 is 10.1 Å². The maximum absolute atomic E-state index is 5.77. The monoisotopic (exact) mass is 282 g/mol. The molecule has 0 aliphatic carbocycles. The van der Waals surface area contributed by atoms with Crippen LogP contribution in [0.5, 0.6) is 11.8 Å². The Morgan fingerprint density at radius 3 is 2.90 bits per heavy atom. The number of nitrogens with one attached hydrogen (secondary N) is 1. The van der Waals surface area contributed by atoms with E-state index in [1.165, 1.54) is 0 Å². The summed E-state index contributed by atoms with van der Waals surface area (Å²) in [6.45, 7) is 3.79. The number of aromatic nitrogens is 1. The average molecular weight is 282 g/mol. The number of oxazole rings is 1. The van der Waals surface area contributed by atoms with Gasteiger partial charge in [0.2, 0.25) is 0 Å². The highest BCUT2D eigenvalue weighted by molar-refractivity contribution is 5.88. The lowest BCUT2D eigenvalue weighted by Crippen LogP contribution is -2.13.